The topological polar surface area (TPSA) is 44.5 Å². The van der Waals surface area contributed by atoms with Crippen molar-refractivity contribution in [1.29, 1.82) is 0 Å². The zero-order chi connectivity index (χ0) is 11.5. The van der Waals surface area contributed by atoms with Crippen molar-refractivity contribution in [3.05, 3.63) is 29.6 Å². The van der Waals surface area contributed by atoms with Crippen LogP contribution in [0, 0.1) is 5.82 Å². The van der Waals surface area contributed by atoms with Gasteiger partial charge in [-0.2, -0.15) is 0 Å². The molecule has 16 heavy (non-hydrogen) atoms. The minimum atomic E-state index is -0.268. The first-order valence-electron chi connectivity index (χ1n) is 5.43. The Morgan fingerprint density at radius 2 is 2.31 bits per heavy atom. The number of hydrogen-bond acceptors (Lipinski definition) is 3. The molecule has 4 heteroatoms. The Balaban J connectivity index is 2.22. The highest BCUT2D eigenvalue weighted by Crippen LogP contribution is 2.37. The molecule has 88 valence electrons. The first-order valence-corrected chi connectivity index (χ1v) is 5.43. The molecule has 0 spiro atoms. The predicted octanol–water partition coefficient (Wildman–Crippen LogP) is 2.01. The first-order chi connectivity index (χ1) is 7.74. The molecule has 0 amide bonds. The first kappa shape index (κ1) is 11.4. The minimum absolute atomic E-state index is 0.0815. The summed E-state index contributed by atoms with van der Waals surface area (Å²) in [5.74, 6) is 0.402. The highest BCUT2D eigenvalue weighted by atomic mass is 19.1. The third kappa shape index (κ3) is 2.18. The van der Waals surface area contributed by atoms with Gasteiger partial charge in [0, 0.05) is 12.1 Å². The van der Waals surface area contributed by atoms with Crippen molar-refractivity contribution < 1.29 is 13.9 Å². The Morgan fingerprint density at radius 3 is 2.94 bits per heavy atom. The SMILES string of the molecule is COc1ccc(F)cc1C1CC[C@@H](CN)O1. The second kappa shape index (κ2) is 4.80. The van der Waals surface area contributed by atoms with Gasteiger partial charge in [0.05, 0.1) is 19.3 Å². The van der Waals surface area contributed by atoms with Crippen LogP contribution < -0.4 is 10.5 Å². The molecule has 1 fully saturated rings. The summed E-state index contributed by atoms with van der Waals surface area (Å²) >= 11 is 0. The lowest BCUT2D eigenvalue weighted by Gasteiger charge is -2.15. The Labute approximate surface area is 94.3 Å². The fourth-order valence-electron chi connectivity index (χ4n) is 2.06. The summed E-state index contributed by atoms with van der Waals surface area (Å²) < 4.78 is 24.1. The summed E-state index contributed by atoms with van der Waals surface area (Å²) in [7, 11) is 1.58. The van der Waals surface area contributed by atoms with Crippen LogP contribution in [-0.2, 0) is 4.74 Å². The molecule has 0 bridgehead atoms. The maximum absolute atomic E-state index is 13.2. The van der Waals surface area contributed by atoms with E-state index >= 15 is 0 Å². The van der Waals surface area contributed by atoms with E-state index < -0.39 is 0 Å². The van der Waals surface area contributed by atoms with Gasteiger partial charge in [0.1, 0.15) is 11.6 Å². The summed E-state index contributed by atoms with van der Waals surface area (Å²) in [6.07, 6.45) is 1.76. The van der Waals surface area contributed by atoms with Crippen LogP contribution in [0.3, 0.4) is 0 Å². The van der Waals surface area contributed by atoms with Crippen LogP contribution in [-0.4, -0.2) is 19.8 Å². The molecule has 1 unspecified atom stereocenters. The van der Waals surface area contributed by atoms with Gasteiger partial charge in [-0.1, -0.05) is 0 Å². The summed E-state index contributed by atoms with van der Waals surface area (Å²) in [6.45, 7) is 0.508. The normalized spacial score (nSPS) is 24.7. The van der Waals surface area contributed by atoms with Crippen LogP contribution in [0.15, 0.2) is 18.2 Å². The third-order valence-electron chi connectivity index (χ3n) is 2.91. The van der Waals surface area contributed by atoms with Crippen LogP contribution in [0.5, 0.6) is 5.75 Å². The second-order valence-corrected chi connectivity index (χ2v) is 3.95. The van der Waals surface area contributed by atoms with E-state index in [-0.39, 0.29) is 18.0 Å². The average molecular weight is 225 g/mol. The van der Waals surface area contributed by atoms with Crippen LogP contribution in [0.2, 0.25) is 0 Å². The summed E-state index contributed by atoms with van der Waals surface area (Å²) in [6, 6.07) is 4.49. The highest BCUT2D eigenvalue weighted by molar-refractivity contribution is 5.36. The van der Waals surface area contributed by atoms with E-state index in [4.69, 9.17) is 15.2 Å². The van der Waals surface area contributed by atoms with E-state index in [1.54, 1.807) is 13.2 Å². The van der Waals surface area contributed by atoms with Gasteiger partial charge < -0.3 is 15.2 Å². The number of rotatable bonds is 3. The molecule has 1 aromatic rings. The number of hydrogen-bond donors (Lipinski definition) is 1. The molecule has 0 aromatic heterocycles. The van der Waals surface area contributed by atoms with Crippen LogP contribution in [0.25, 0.3) is 0 Å². The average Bonchev–Trinajstić information content (AvgIpc) is 2.77. The van der Waals surface area contributed by atoms with Gasteiger partial charge in [0.2, 0.25) is 0 Å². The van der Waals surface area contributed by atoms with Crippen LogP contribution >= 0.6 is 0 Å². The monoisotopic (exact) mass is 225 g/mol. The number of nitrogens with two attached hydrogens (primary N) is 1. The van der Waals surface area contributed by atoms with E-state index in [2.05, 4.69) is 0 Å². The molecule has 1 aromatic carbocycles. The predicted molar refractivity (Wildman–Crippen MR) is 58.9 cm³/mol. The summed E-state index contributed by atoms with van der Waals surface area (Å²) in [5.41, 5.74) is 6.32. The van der Waals surface area contributed by atoms with Gasteiger partial charge >= 0.3 is 0 Å². The van der Waals surface area contributed by atoms with Gasteiger partial charge in [0.15, 0.2) is 0 Å². The van der Waals surface area contributed by atoms with Crippen molar-refractivity contribution in [2.24, 2.45) is 5.73 Å². The molecular formula is C12H16FNO2. The van der Waals surface area contributed by atoms with Crippen molar-refractivity contribution in [2.45, 2.75) is 25.0 Å². The van der Waals surface area contributed by atoms with Crippen molar-refractivity contribution in [3.63, 3.8) is 0 Å². The quantitative estimate of drug-likeness (QED) is 0.855. The zero-order valence-electron chi connectivity index (χ0n) is 9.28. The lowest BCUT2D eigenvalue weighted by atomic mass is 10.0. The Morgan fingerprint density at radius 1 is 1.50 bits per heavy atom. The Kier molecular flexibility index (Phi) is 3.41. The lowest BCUT2D eigenvalue weighted by molar-refractivity contribution is 0.0483. The third-order valence-corrected chi connectivity index (χ3v) is 2.91. The van der Waals surface area contributed by atoms with Gasteiger partial charge in [-0.15, -0.1) is 0 Å². The molecule has 1 saturated heterocycles. The van der Waals surface area contributed by atoms with E-state index in [1.165, 1.54) is 12.1 Å². The molecule has 2 atom stereocenters. The summed E-state index contributed by atoms with van der Waals surface area (Å²) in [4.78, 5) is 0. The molecule has 0 radical (unpaired) electrons. The van der Waals surface area contributed by atoms with Crippen LogP contribution in [0.4, 0.5) is 4.39 Å². The Hall–Kier alpha value is -1.13. The van der Waals surface area contributed by atoms with E-state index in [9.17, 15) is 4.39 Å². The maximum Gasteiger partial charge on any atom is 0.124 e. The van der Waals surface area contributed by atoms with Crippen molar-refractivity contribution in [1.82, 2.24) is 0 Å². The zero-order valence-corrected chi connectivity index (χ0v) is 9.28. The smallest absolute Gasteiger partial charge is 0.124 e. The largest absolute Gasteiger partial charge is 0.496 e. The van der Waals surface area contributed by atoms with Crippen molar-refractivity contribution in [2.75, 3.05) is 13.7 Å². The van der Waals surface area contributed by atoms with Crippen molar-refractivity contribution in [3.8, 4) is 5.75 Å². The number of methoxy groups -OCH3 is 1. The van der Waals surface area contributed by atoms with E-state index in [1.807, 2.05) is 0 Å². The fraction of sp³-hybridized carbons (Fsp3) is 0.500. The number of ether oxygens (including phenoxy) is 2. The van der Waals surface area contributed by atoms with Gasteiger partial charge in [-0.3, -0.25) is 0 Å². The van der Waals surface area contributed by atoms with Crippen molar-refractivity contribution >= 4 is 0 Å². The standard InChI is InChI=1S/C12H16FNO2/c1-15-11-4-2-8(13)6-10(11)12-5-3-9(7-14)16-12/h2,4,6,9,12H,3,5,7,14H2,1H3/t9-,12?/m0/s1. The molecule has 2 rings (SSSR count). The van der Waals surface area contributed by atoms with Crippen LogP contribution in [0.1, 0.15) is 24.5 Å². The second-order valence-electron chi connectivity index (χ2n) is 3.95. The van der Waals surface area contributed by atoms with E-state index in [0.29, 0.717) is 12.3 Å². The molecule has 1 aliphatic heterocycles. The maximum atomic E-state index is 13.2. The minimum Gasteiger partial charge on any atom is -0.496 e. The molecule has 3 nitrogen and oxygen atoms in total. The molecular weight excluding hydrogens is 209 g/mol. The molecule has 0 saturated carbocycles. The van der Waals surface area contributed by atoms with Gasteiger partial charge in [-0.05, 0) is 31.0 Å². The lowest BCUT2D eigenvalue weighted by Crippen LogP contribution is -2.18. The molecule has 0 aliphatic carbocycles. The fourth-order valence-corrected chi connectivity index (χ4v) is 2.06. The van der Waals surface area contributed by atoms with Gasteiger partial charge in [-0.25, -0.2) is 4.39 Å². The molecule has 1 aliphatic rings. The number of halogens is 1. The Bertz CT molecular complexity index is 370. The van der Waals surface area contributed by atoms with Gasteiger partial charge in [0.25, 0.3) is 0 Å². The summed E-state index contributed by atoms with van der Waals surface area (Å²) in [5, 5.41) is 0. The highest BCUT2D eigenvalue weighted by Gasteiger charge is 2.27. The number of benzene rings is 1. The molecule has 2 N–H and O–H groups in total. The van der Waals surface area contributed by atoms with E-state index in [0.717, 1.165) is 18.4 Å². The molecule has 1 heterocycles.